The molecule has 6 heteroatoms. The van der Waals surface area contributed by atoms with Gasteiger partial charge in [-0.15, -0.1) is 13.2 Å². The van der Waals surface area contributed by atoms with Gasteiger partial charge < -0.3 is 10.1 Å². The largest absolute Gasteiger partial charge is 0.573 e. The first-order chi connectivity index (χ1) is 7.78. The van der Waals surface area contributed by atoms with E-state index in [9.17, 15) is 13.2 Å². The fraction of sp³-hybridized carbons (Fsp3) is 0.455. The molecule has 0 saturated carbocycles. The second-order valence-electron chi connectivity index (χ2n) is 3.96. The van der Waals surface area contributed by atoms with Gasteiger partial charge in [-0.05, 0) is 24.1 Å². The topological polar surface area (TPSA) is 21.3 Å². The second-order valence-corrected chi connectivity index (χ2v) is 4.88. The van der Waals surface area contributed by atoms with Crippen LogP contribution in [0.5, 0.6) is 5.75 Å². The third-order valence-corrected chi connectivity index (χ3v) is 2.36. The number of halogens is 4. The Bertz CT molecular complexity index is 379. The van der Waals surface area contributed by atoms with Crippen LogP contribution in [0.25, 0.3) is 0 Å². The summed E-state index contributed by atoms with van der Waals surface area (Å²) < 4.78 is 41.1. The molecule has 17 heavy (non-hydrogen) atoms. The minimum absolute atomic E-state index is 0.221. The molecule has 1 aromatic rings. The predicted octanol–water partition coefficient (Wildman–Crippen LogP) is 4.42. The number of benzene rings is 1. The van der Waals surface area contributed by atoms with Gasteiger partial charge in [-0.1, -0.05) is 29.8 Å². The highest BCUT2D eigenvalue weighted by atomic mass is 79.9. The summed E-state index contributed by atoms with van der Waals surface area (Å²) in [4.78, 5) is 0. The summed E-state index contributed by atoms with van der Waals surface area (Å²) in [6.07, 6.45) is -4.68. The number of nitrogens with one attached hydrogen (secondary N) is 1. The van der Waals surface area contributed by atoms with Crippen molar-refractivity contribution in [1.82, 2.24) is 0 Å². The minimum atomic E-state index is -4.68. The number of rotatable bonds is 4. The summed E-state index contributed by atoms with van der Waals surface area (Å²) in [5.41, 5.74) is 0.324. The maximum atomic E-state index is 12.2. The van der Waals surface area contributed by atoms with Crippen molar-refractivity contribution in [1.29, 1.82) is 0 Å². The fourth-order valence-electron chi connectivity index (χ4n) is 1.17. The molecular formula is C11H13BrF3NO. The molecule has 0 amide bonds. The van der Waals surface area contributed by atoms with Gasteiger partial charge in [-0.25, -0.2) is 0 Å². The Hall–Kier alpha value is -0.910. The van der Waals surface area contributed by atoms with Gasteiger partial charge in [-0.3, -0.25) is 0 Å². The zero-order valence-corrected chi connectivity index (χ0v) is 11.0. The van der Waals surface area contributed by atoms with Gasteiger partial charge in [0.2, 0.25) is 0 Å². The van der Waals surface area contributed by atoms with E-state index in [4.69, 9.17) is 0 Å². The summed E-state index contributed by atoms with van der Waals surface area (Å²) in [7, 11) is 0. The molecule has 0 aliphatic rings. The zero-order chi connectivity index (χ0) is 13.1. The average molecular weight is 312 g/mol. The Balaban J connectivity index is 2.87. The first kappa shape index (κ1) is 14.2. The van der Waals surface area contributed by atoms with E-state index >= 15 is 0 Å². The Labute approximate surface area is 106 Å². The number of ether oxygens (including phenoxy) is 1. The molecule has 0 unspecified atom stereocenters. The Kier molecular flexibility index (Phi) is 4.68. The molecule has 0 aromatic heterocycles. The van der Waals surface area contributed by atoms with E-state index in [1.165, 1.54) is 12.1 Å². The highest BCUT2D eigenvalue weighted by Gasteiger charge is 2.32. The Morgan fingerprint density at radius 3 is 2.53 bits per heavy atom. The molecule has 0 aliphatic carbocycles. The highest BCUT2D eigenvalue weighted by molar-refractivity contribution is 9.10. The second kappa shape index (κ2) is 5.62. The molecule has 1 rings (SSSR count). The van der Waals surface area contributed by atoms with Crippen molar-refractivity contribution in [3.05, 3.63) is 22.7 Å². The van der Waals surface area contributed by atoms with Crippen LogP contribution in [0.3, 0.4) is 0 Å². The van der Waals surface area contributed by atoms with Crippen molar-refractivity contribution < 1.29 is 17.9 Å². The first-order valence-electron chi connectivity index (χ1n) is 5.07. The monoisotopic (exact) mass is 311 g/mol. The van der Waals surface area contributed by atoms with Crippen LogP contribution in [0, 0.1) is 5.92 Å². The molecule has 0 heterocycles. The van der Waals surface area contributed by atoms with Gasteiger partial charge >= 0.3 is 6.36 Å². The number of alkyl halides is 3. The van der Waals surface area contributed by atoms with Crippen molar-refractivity contribution in [2.75, 3.05) is 11.9 Å². The van der Waals surface area contributed by atoms with Crippen LogP contribution in [0.1, 0.15) is 13.8 Å². The van der Waals surface area contributed by atoms with Crippen LogP contribution >= 0.6 is 15.9 Å². The quantitative estimate of drug-likeness (QED) is 0.889. The van der Waals surface area contributed by atoms with Crippen LogP contribution in [0.15, 0.2) is 22.7 Å². The predicted molar refractivity (Wildman–Crippen MR) is 64.2 cm³/mol. The SMILES string of the molecule is CC(C)CNc1cc(Br)ccc1OC(F)(F)F. The summed E-state index contributed by atoms with van der Waals surface area (Å²) in [5, 5.41) is 2.92. The molecule has 0 atom stereocenters. The van der Waals surface area contributed by atoms with Crippen LogP contribution in [-0.4, -0.2) is 12.9 Å². The van der Waals surface area contributed by atoms with Gasteiger partial charge in [0.15, 0.2) is 5.75 Å². The molecule has 0 spiro atoms. The molecule has 96 valence electrons. The maximum Gasteiger partial charge on any atom is 0.573 e. The summed E-state index contributed by atoms with van der Waals surface area (Å²) in [6, 6.07) is 4.34. The average Bonchev–Trinajstić information content (AvgIpc) is 2.16. The Morgan fingerprint density at radius 1 is 1.35 bits per heavy atom. The van der Waals surface area contributed by atoms with E-state index in [1.54, 1.807) is 6.07 Å². The number of hydrogen-bond acceptors (Lipinski definition) is 2. The molecule has 0 fully saturated rings. The van der Waals surface area contributed by atoms with Crippen LogP contribution in [0.2, 0.25) is 0 Å². The van der Waals surface area contributed by atoms with E-state index in [2.05, 4.69) is 26.0 Å². The number of anilines is 1. The van der Waals surface area contributed by atoms with Crippen molar-refractivity contribution in [3.63, 3.8) is 0 Å². The van der Waals surface area contributed by atoms with E-state index in [0.29, 0.717) is 22.6 Å². The molecule has 1 aromatic carbocycles. The minimum Gasteiger partial charge on any atom is -0.404 e. The zero-order valence-electron chi connectivity index (χ0n) is 9.44. The summed E-state index contributed by atoms with van der Waals surface area (Å²) >= 11 is 3.21. The normalized spacial score (nSPS) is 11.7. The van der Waals surface area contributed by atoms with Crippen molar-refractivity contribution in [3.8, 4) is 5.75 Å². The first-order valence-corrected chi connectivity index (χ1v) is 5.86. The van der Waals surface area contributed by atoms with E-state index < -0.39 is 6.36 Å². The van der Waals surface area contributed by atoms with Crippen LogP contribution in [-0.2, 0) is 0 Å². The van der Waals surface area contributed by atoms with Gasteiger partial charge in [-0.2, -0.15) is 0 Å². The highest BCUT2D eigenvalue weighted by Crippen LogP contribution is 2.32. The molecular weight excluding hydrogens is 299 g/mol. The molecule has 0 bridgehead atoms. The summed E-state index contributed by atoms with van der Waals surface area (Å²) in [6.45, 7) is 4.51. The van der Waals surface area contributed by atoms with Crippen molar-refractivity contribution in [2.45, 2.75) is 20.2 Å². The van der Waals surface area contributed by atoms with Crippen molar-refractivity contribution >= 4 is 21.6 Å². The van der Waals surface area contributed by atoms with Gasteiger partial charge in [0.05, 0.1) is 5.69 Å². The van der Waals surface area contributed by atoms with E-state index in [0.717, 1.165) is 0 Å². The lowest BCUT2D eigenvalue weighted by Gasteiger charge is -2.16. The third-order valence-electron chi connectivity index (χ3n) is 1.87. The molecule has 1 N–H and O–H groups in total. The fourth-order valence-corrected chi connectivity index (χ4v) is 1.53. The van der Waals surface area contributed by atoms with E-state index in [-0.39, 0.29) is 5.75 Å². The smallest absolute Gasteiger partial charge is 0.404 e. The number of hydrogen-bond donors (Lipinski definition) is 1. The van der Waals surface area contributed by atoms with Crippen molar-refractivity contribution in [2.24, 2.45) is 5.92 Å². The standard InChI is InChI=1S/C11H13BrF3NO/c1-7(2)6-16-9-5-8(12)3-4-10(9)17-11(13,14)15/h3-5,7,16H,6H2,1-2H3. The molecule has 0 saturated heterocycles. The Morgan fingerprint density at radius 2 is 2.00 bits per heavy atom. The third kappa shape index (κ3) is 5.30. The lowest BCUT2D eigenvalue weighted by atomic mass is 10.2. The maximum absolute atomic E-state index is 12.2. The van der Waals surface area contributed by atoms with Gasteiger partial charge in [0.25, 0.3) is 0 Å². The van der Waals surface area contributed by atoms with Crippen LogP contribution in [0.4, 0.5) is 18.9 Å². The van der Waals surface area contributed by atoms with Gasteiger partial charge in [0.1, 0.15) is 0 Å². The lowest BCUT2D eigenvalue weighted by Crippen LogP contribution is -2.18. The molecule has 0 radical (unpaired) electrons. The van der Waals surface area contributed by atoms with E-state index in [1.807, 2.05) is 13.8 Å². The van der Waals surface area contributed by atoms with Crippen LogP contribution < -0.4 is 10.1 Å². The lowest BCUT2D eigenvalue weighted by molar-refractivity contribution is -0.274. The molecule has 2 nitrogen and oxygen atoms in total. The molecule has 0 aliphatic heterocycles. The van der Waals surface area contributed by atoms with Gasteiger partial charge in [0, 0.05) is 11.0 Å². The summed E-state index contributed by atoms with van der Waals surface area (Å²) in [5.74, 6) is 0.106.